The Morgan fingerprint density at radius 3 is 3.00 bits per heavy atom. The number of halogens is 1. The fourth-order valence-electron chi connectivity index (χ4n) is 1.72. The first kappa shape index (κ1) is 14.6. The summed E-state index contributed by atoms with van der Waals surface area (Å²) >= 11 is 6.11. The topological polar surface area (TPSA) is 74.2 Å². The molecular weight excluding hydrogens is 278 g/mol. The number of amides is 1. The van der Waals surface area contributed by atoms with E-state index < -0.39 is 0 Å². The molecule has 2 rings (SSSR count). The summed E-state index contributed by atoms with van der Waals surface area (Å²) in [7, 11) is 0. The highest BCUT2D eigenvalue weighted by Gasteiger charge is 2.21. The molecule has 0 spiro atoms. The summed E-state index contributed by atoms with van der Waals surface area (Å²) in [5, 5.41) is 14.7. The maximum absolute atomic E-state index is 11.4. The van der Waals surface area contributed by atoms with Crippen LogP contribution < -0.4 is 15.4 Å². The lowest BCUT2D eigenvalue weighted by atomic mass is 10.2. The zero-order chi connectivity index (χ0) is 14.4. The van der Waals surface area contributed by atoms with E-state index >= 15 is 0 Å². The number of ether oxygens (including phenoxy) is 1. The SMILES string of the molecule is N#CCNC(=O)COc1c(Cl)cccc1CNC1CC1. The number of nitriles is 1. The van der Waals surface area contributed by atoms with Crippen LogP contribution in [-0.4, -0.2) is 25.1 Å². The Kier molecular flexibility index (Phi) is 5.22. The zero-order valence-electron chi connectivity index (χ0n) is 11.0. The van der Waals surface area contributed by atoms with Gasteiger partial charge in [0.15, 0.2) is 6.61 Å². The van der Waals surface area contributed by atoms with Gasteiger partial charge in [-0.1, -0.05) is 23.7 Å². The summed E-state index contributed by atoms with van der Waals surface area (Å²) in [6, 6.07) is 7.92. The molecule has 1 aliphatic carbocycles. The van der Waals surface area contributed by atoms with Crippen molar-refractivity contribution in [3.8, 4) is 11.8 Å². The van der Waals surface area contributed by atoms with Crippen LogP contribution in [0.4, 0.5) is 0 Å². The molecule has 1 aromatic rings. The van der Waals surface area contributed by atoms with Gasteiger partial charge in [-0.15, -0.1) is 0 Å². The number of para-hydroxylation sites is 1. The van der Waals surface area contributed by atoms with E-state index in [0.29, 0.717) is 23.4 Å². The Morgan fingerprint density at radius 1 is 1.50 bits per heavy atom. The number of hydrogen-bond donors (Lipinski definition) is 2. The number of rotatable bonds is 7. The largest absolute Gasteiger partial charge is 0.482 e. The first-order valence-electron chi connectivity index (χ1n) is 6.48. The molecule has 5 nitrogen and oxygen atoms in total. The Hall–Kier alpha value is -1.77. The molecule has 0 atom stereocenters. The van der Waals surface area contributed by atoms with Crippen LogP contribution in [0.3, 0.4) is 0 Å². The molecule has 1 fully saturated rings. The number of carbonyl (C=O) groups is 1. The van der Waals surface area contributed by atoms with Gasteiger partial charge in [0.25, 0.3) is 5.91 Å². The van der Waals surface area contributed by atoms with Crippen molar-refractivity contribution in [3.63, 3.8) is 0 Å². The van der Waals surface area contributed by atoms with Crippen molar-refractivity contribution >= 4 is 17.5 Å². The summed E-state index contributed by atoms with van der Waals surface area (Å²) in [6.45, 7) is 0.489. The Labute approximate surface area is 122 Å². The molecule has 20 heavy (non-hydrogen) atoms. The van der Waals surface area contributed by atoms with Crippen molar-refractivity contribution in [2.45, 2.75) is 25.4 Å². The van der Waals surface area contributed by atoms with Crippen LogP contribution in [0.1, 0.15) is 18.4 Å². The predicted molar refractivity (Wildman–Crippen MR) is 75.4 cm³/mol. The number of nitrogens with one attached hydrogen (secondary N) is 2. The molecule has 6 heteroatoms. The molecule has 0 bridgehead atoms. The van der Waals surface area contributed by atoms with E-state index in [1.807, 2.05) is 18.2 Å². The summed E-state index contributed by atoms with van der Waals surface area (Å²) in [5.74, 6) is 0.182. The van der Waals surface area contributed by atoms with E-state index in [-0.39, 0.29) is 19.1 Å². The van der Waals surface area contributed by atoms with Crippen molar-refractivity contribution in [1.82, 2.24) is 10.6 Å². The summed E-state index contributed by atoms with van der Waals surface area (Å²) in [5.41, 5.74) is 0.928. The van der Waals surface area contributed by atoms with Gasteiger partial charge in [0.05, 0.1) is 11.1 Å². The van der Waals surface area contributed by atoms with E-state index in [4.69, 9.17) is 21.6 Å². The minimum Gasteiger partial charge on any atom is -0.482 e. The first-order valence-corrected chi connectivity index (χ1v) is 6.85. The van der Waals surface area contributed by atoms with Crippen molar-refractivity contribution in [2.24, 2.45) is 0 Å². The van der Waals surface area contributed by atoms with E-state index in [0.717, 1.165) is 5.56 Å². The molecular formula is C14H16ClN3O2. The second-order valence-corrected chi connectivity index (χ2v) is 5.01. The highest BCUT2D eigenvalue weighted by molar-refractivity contribution is 6.32. The van der Waals surface area contributed by atoms with E-state index in [9.17, 15) is 4.79 Å². The van der Waals surface area contributed by atoms with Crippen molar-refractivity contribution in [1.29, 1.82) is 5.26 Å². The van der Waals surface area contributed by atoms with Crippen LogP contribution in [0, 0.1) is 11.3 Å². The van der Waals surface area contributed by atoms with Gasteiger partial charge >= 0.3 is 0 Å². The standard InChI is InChI=1S/C14H16ClN3O2/c15-12-3-1-2-10(8-18-11-4-5-11)14(12)20-9-13(19)17-7-6-16/h1-3,11,18H,4-5,7-9H2,(H,17,19). The van der Waals surface area contributed by atoms with Gasteiger partial charge in [-0.05, 0) is 18.9 Å². The molecule has 1 amide bonds. The van der Waals surface area contributed by atoms with E-state index in [2.05, 4.69) is 10.6 Å². The molecule has 0 unspecified atom stereocenters. The zero-order valence-corrected chi connectivity index (χ0v) is 11.7. The quantitative estimate of drug-likeness (QED) is 0.749. The van der Waals surface area contributed by atoms with Gasteiger partial charge in [-0.3, -0.25) is 4.79 Å². The van der Waals surface area contributed by atoms with E-state index in [1.165, 1.54) is 12.8 Å². The summed E-state index contributed by atoms with van der Waals surface area (Å²) in [4.78, 5) is 11.4. The molecule has 1 aromatic carbocycles. The minimum absolute atomic E-state index is 0.0270. The third-order valence-electron chi connectivity index (χ3n) is 2.92. The van der Waals surface area contributed by atoms with Crippen LogP contribution >= 0.6 is 11.6 Å². The molecule has 0 aliphatic heterocycles. The second-order valence-electron chi connectivity index (χ2n) is 4.61. The third kappa shape index (κ3) is 4.41. The van der Waals surface area contributed by atoms with Gasteiger partial charge in [0, 0.05) is 18.2 Å². The lowest BCUT2D eigenvalue weighted by Gasteiger charge is -2.13. The van der Waals surface area contributed by atoms with Crippen molar-refractivity contribution in [2.75, 3.05) is 13.2 Å². The van der Waals surface area contributed by atoms with Crippen LogP contribution in [0.15, 0.2) is 18.2 Å². The third-order valence-corrected chi connectivity index (χ3v) is 3.22. The van der Waals surface area contributed by atoms with E-state index in [1.54, 1.807) is 6.07 Å². The number of nitrogens with zero attached hydrogens (tertiary/aromatic N) is 1. The van der Waals surface area contributed by atoms with Crippen LogP contribution in [0.25, 0.3) is 0 Å². The number of hydrogen-bond acceptors (Lipinski definition) is 4. The first-order chi connectivity index (χ1) is 9.70. The predicted octanol–water partition coefficient (Wildman–Crippen LogP) is 1.61. The maximum Gasteiger partial charge on any atom is 0.258 e. The molecule has 0 heterocycles. The van der Waals surface area contributed by atoms with Crippen LogP contribution in [0.5, 0.6) is 5.75 Å². The van der Waals surface area contributed by atoms with Crippen molar-refractivity contribution < 1.29 is 9.53 Å². The van der Waals surface area contributed by atoms with Gasteiger partial charge in [0.1, 0.15) is 12.3 Å². The average Bonchev–Trinajstić information content (AvgIpc) is 3.26. The number of benzene rings is 1. The average molecular weight is 294 g/mol. The normalized spacial score (nSPS) is 13.6. The Morgan fingerprint density at radius 2 is 2.30 bits per heavy atom. The fourth-order valence-corrected chi connectivity index (χ4v) is 1.97. The fraction of sp³-hybridized carbons (Fsp3) is 0.429. The molecule has 1 saturated carbocycles. The Bertz CT molecular complexity index is 524. The molecule has 0 saturated heterocycles. The molecule has 2 N–H and O–H groups in total. The lowest BCUT2D eigenvalue weighted by molar-refractivity contribution is -0.122. The molecule has 1 aliphatic rings. The summed E-state index contributed by atoms with van der Waals surface area (Å²) < 4.78 is 5.49. The van der Waals surface area contributed by atoms with Gasteiger partial charge in [0.2, 0.25) is 0 Å². The van der Waals surface area contributed by atoms with Gasteiger partial charge in [-0.2, -0.15) is 5.26 Å². The smallest absolute Gasteiger partial charge is 0.258 e. The maximum atomic E-state index is 11.4. The Balaban J connectivity index is 1.94. The monoisotopic (exact) mass is 293 g/mol. The number of carbonyl (C=O) groups excluding carboxylic acids is 1. The molecule has 0 radical (unpaired) electrons. The summed E-state index contributed by atoms with van der Waals surface area (Å²) in [6.07, 6.45) is 2.40. The molecule has 106 valence electrons. The van der Waals surface area contributed by atoms with Crippen LogP contribution in [0.2, 0.25) is 5.02 Å². The van der Waals surface area contributed by atoms with Crippen LogP contribution in [-0.2, 0) is 11.3 Å². The lowest BCUT2D eigenvalue weighted by Crippen LogP contribution is -2.29. The minimum atomic E-state index is -0.340. The van der Waals surface area contributed by atoms with Gasteiger partial charge < -0.3 is 15.4 Å². The van der Waals surface area contributed by atoms with Gasteiger partial charge in [-0.25, -0.2) is 0 Å². The van der Waals surface area contributed by atoms with Crippen molar-refractivity contribution in [3.05, 3.63) is 28.8 Å². The highest BCUT2D eigenvalue weighted by atomic mass is 35.5. The second kappa shape index (κ2) is 7.13. The highest BCUT2D eigenvalue weighted by Crippen LogP contribution is 2.29. The molecule has 0 aromatic heterocycles.